The van der Waals surface area contributed by atoms with Gasteiger partial charge in [-0.15, -0.1) is 10.2 Å². The molecule has 2 aromatic rings. The van der Waals surface area contributed by atoms with Crippen LogP contribution in [0.1, 0.15) is 31.2 Å². The van der Waals surface area contributed by atoms with Crippen LogP contribution in [0.15, 0.2) is 77.6 Å². The number of anilines is 1. The molecular weight excluding hydrogens is 495 g/mol. The van der Waals surface area contributed by atoms with Crippen molar-refractivity contribution in [1.82, 2.24) is 19.7 Å². The van der Waals surface area contributed by atoms with Crippen molar-refractivity contribution < 1.29 is 13.2 Å². The first-order chi connectivity index (χ1) is 15.5. The third-order valence-corrected chi connectivity index (χ3v) is 6.68. The van der Waals surface area contributed by atoms with Gasteiger partial charge in [-0.1, -0.05) is 25.6 Å². The van der Waals surface area contributed by atoms with Crippen molar-refractivity contribution in [2.24, 2.45) is 13.0 Å². The molecule has 4 rings (SSSR count). The first-order valence-corrected chi connectivity index (χ1v) is 11.3. The fourth-order valence-electron chi connectivity index (χ4n) is 4.80. The zero-order valence-corrected chi connectivity index (χ0v) is 20.2. The van der Waals surface area contributed by atoms with Crippen LogP contribution in [0, 0.1) is 5.92 Å². The molecule has 0 amide bonds. The summed E-state index contributed by atoms with van der Waals surface area (Å²) in [7, 11) is 3.52. The van der Waals surface area contributed by atoms with Crippen molar-refractivity contribution in [2.45, 2.75) is 31.4 Å². The summed E-state index contributed by atoms with van der Waals surface area (Å²) in [6, 6.07) is 7.83. The molecule has 1 aromatic carbocycles. The van der Waals surface area contributed by atoms with Crippen molar-refractivity contribution >= 4 is 21.6 Å². The van der Waals surface area contributed by atoms with Gasteiger partial charge in [0.2, 0.25) is 0 Å². The van der Waals surface area contributed by atoms with Crippen molar-refractivity contribution in [3.8, 4) is 0 Å². The molecule has 5 nitrogen and oxygen atoms in total. The summed E-state index contributed by atoms with van der Waals surface area (Å²) < 4.78 is 43.6. The van der Waals surface area contributed by atoms with Gasteiger partial charge in [-0.2, -0.15) is 13.2 Å². The zero-order chi connectivity index (χ0) is 24.0. The second kappa shape index (κ2) is 8.52. The van der Waals surface area contributed by atoms with E-state index in [1.807, 2.05) is 35.9 Å². The van der Waals surface area contributed by atoms with Gasteiger partial charge in [0.05, 0.1) is 16.7 Å². The lowest BCUT2D eigenvalue weighted by Crippen LogP contribution is -2.43. The molecule has 0 N–H and O–H groups in total. The Morgan fingerprint density at radius 2 is 2.00 bits per heavy atom. The van der Waals surface area contributed by atoms with Gasteiger partial charge in [-0.05, 0) is 58.5 Å². The molecule has 0 bridgehead atoms. The minimum absolute atomic E-state index is 0.0243. The molecule has 2 aliphatic rings. The Morgan fingerprint density at radius 3 is 2.58 bits per heavy atom. The number of likely N-dealkylation sites (N-methyl/N-ethyl adjacent to an activating group) is 1. The summed E-state index contributed by atoms with van der Waals surface area (Å²) in [5.74, 6) is 1.44. The van der Waals surface area contributed by atoms with Crippen LogP contribution in [-0.2, 0) is 12.5 Å². The SMILES string of the molecule is C=CN(/C=C1/C(C(F)(F)F)=CC(Br)=CN1C)c1cccc(C2(c3nncn3C)CC(C)C2)c1. The maximum atomic E-state index is 13.8. The molecule has 0 saturated heterocycles. The van der Waals surface area contributed by atoms with E-state index < -0.39 is 11.7 Å². The maximum Gasteiger partial charge on any atom is 0.418 e. The van der Waals surface area contributed by atoms with Gasteiger partial charge in [0, 0.05) is 42.9 Å². The lowest BCUT2D eigenvalue weighted by Gasteiger charge is -2.46. The topological polar surface area (TPSA) is 37.2 Å². The summed E-state index contributed by atoms with van der Waals surface area (Å²) in [6.07, 6.45) is 4.71. The number of allylic oxidation sites excluding steroid dienone is 3. The maximum absolute atomic E-state index is 13.8. The Hall–Kier alpha value is -2.81. The molecule has 0 radical (unpaired) electrons. The largest absolute Gasteiger partial charge is 0.418 e. The molecule has 1 saturated carbocycles. The number of aromatic nitrogens is 3. The summed E-state index contributed by atoms with van der Waals surface area (Å²) in [6.45, 7) is 6.05. The number of halogens is 4. The average molecular weight is 520 g/mol. The Morgan fingerprint density at radius 1 is 1.27 bits per heavy atom. The monoisotopic (exact) mass is 519 g/mol. The number of alkyl halides is 3. The summed E-state index contributed by atoms with van der Waals surface area (Å²) in [5, 5.41) is 8.45. The van der Waals surface area contributed by atoms with E-state index in [1.54, 1.807) is 24.5 Å². The summed E-state index contributed by atoms with van der Waals surface area (Å²) in [5.41, 5.74) is 0.805. The van der Waals surface area contributed by atoms with Crippen LogP contribution >= 0.6 is 15.9 Å². The molecule has 33 heavy (non-hydrogen) atoms. The van der Waals surface area contributed by atoms with Gasteiger partial charge in [-0.3, -0.25) is 0 Å². The number of hydrogen-bond acceptors (Lipinski definition) is 4. The van der Waals surface area contributed by atoms with E-state index in [-0.39, 0.29) is 11.1 Å². The Bertz CT molecular complexity index is 1150. The van der Waals surface area contributed by atoms with E-state index in [2.05, 4.69) is 39.6 Å². The summed E-state index contributed by atoms with van der Waals surface area (Å²) in [4.78, 5) is 3.07. The second-order valence-electron chi connectivity index (χ2n) is 8.70. The van der Waals surface area contributed by atoms with Crippen LogP contribution in [0.5, 0.6) is 0 Å². The molecule has 1 aliphatic heterocycles. The van der Waals surface area contributed by atoms with Crippen LogP contribution in [0.25, 0.3) is 0 Å². The van der Waals surface area contributed by atoms with Crippen molar-refractivity contribution in [1.29, 1.82) is 0 Å². The van der Waals surface area contributed by atoms with Crippen LogP contribution in [0.4, 0.5) is 18.9 Å². The number of benzene rings is 1. The number of rotatable bonds is 5. The van der Waals surface area contributed by atoms with Gasteiger partial charge in [-0.25, -0.2) is 0 Å². The standard InChI is InChI=1S/C24H25BrF3N5/c1-5-33(14-21-20(24(26,27)28)10-18(25)13-31(21)3)19-8-6-7-17(9-19)23(11-16(2)12-23)22-30-29-15-32(22)4/h5-10,13-16H,1,11-12H2,2-4H3/b21-14-. The van der Waals surface area contributed by atoms with Gasteiger partial charge < -0.3 is 14.4 Å². The van der Waals surface area contributed by atoms with Crippen LogP contribution in [-0.4, -0.2) is 32.9 Å². The van der Waals surface area contributed by atoms with E-state index in [0.29, 0.717) is 10.4 Å². The fourth-order valence-corrected chi connectivity index (χ4v) is 5.34. The molecule has 174 valence electrons. The second-order valence-corrected chi connectivity index (χ2v) is 9.61. The number of aryl methyl sites for hydroxylation is 1. The van der Waals surface area contributed by atoms with Gasteiger partial charge in [0.1, 0.15) is 12.2 Å². The van der Waals surface area contributed by atoms with Gasteiger partial charge in [0.25, 0.3) is 0 Å². The molecule has 0 unspecified atom stereocenters. The van der Waals surface area contributed by atoms with Crippen LogP contribution in [0.3, 0.4) is 0 Å². The first-order valence-electron chi connectivity index (χ1n) is 10.5. The highest BCUT2D eigenvalue weighted by atomic mass is 79.9. The molecule has 0 spiro atoms. The van der Waals surface area contributed by atoms with E-state index in [1.165, 1.54) is 17.3 Å². The van der Waals surface area contributed by atoms with E-state index in [0.717, 1.165) is 36.0 Å². The molecule has 1 aromatic heterocycles. The molecule has 1 aliphatic carbocycles. The van der Waals surface area contributed by atoms with Crippen molar-refractivity contribution in [3.63, 3.8) is 0 Å². The number of hydrogen-bond donors (Lipinski definition) is 0. The Balaban J connectivity index is 1.75. The van der Waals surface area contributed by atoms with E-state index >= 15 is 0 Å². The minimum Gasteiger partial charge on any atom is -0.348 e. The molecule has 2 heterocycles. The average Bonchev–Trinajstić information content (AvgIpc) is 3.15. The molecule has 1 fully saturated rings. The third-order valence-electron chi connectivity index (χ3n) is 6.25. The van der Waals surface area contributed by atoms with Crippen LogP contribution in [0.2, 0.25) is 0 Å². The van der Waals surface area contributed by atoms with Gasteiger partial charge >= 0.3 is 6.18 Å². The smallest absolute Gasteiger partial charge is 0.348 e. The normalized spacial score (nSPS) is 24.3. The zero-order valence-electron chi connectivity index (χ0n) is 18.6. The highest BCUT2D eigenvalue weighted by Gasteiger charge is 2.48. The number of nitrogens with zero attached hydrogens (tertiary/aromatic N) is 5. The molecule has 0 atom stereocenters. The Labute approximate surface area is 199 Å². The predicted molar refractivity (Wildman–Crippen MR) is 126 cm³/mol. The van der Waals surface area contributed by atoms with E-state index in [9.17, 15) is 13.2 Å². The highest BCUT2D eigenvalue weighted by Crippen LogP contribution is 2.52. The molecular formula is C24H25BrF3N5. The summed E-state index contributed by atoms with van der Waals surface area (Å²) >= 11 is 3.16. The fraction of sp³-hybridized carbons (Fsp3) is 0.333. The lowest BCUT2D eigenvalue weighted by molar-refractivity contribution is -0.0911. The first kappa shape index (κ1) is 23.4. The van der Waals surface area contributed by atoms with E-state index in [4.69, 9.17) is 0 Å². The Kier molecular flexibility index (Phi) is 6.03. The van der Waals surface area contributed by atoms with Crippen LogP contribution < -0.4 is 4.90 Å². The lowest BCUT2D eigenvalue weighted by atomic mass is 9.58. The quantitative estimate of drug-likeness (QED) is 0.485. The minimum atomic E-state index is -4.50. The predicted octanol–water partition coefficient (Wildman–Crippen LogP) is 5.99. The van der Waals surface area contributed by atoms with Gasteiger partial charge in [0.15, 0.2) is 0 Å². The third kappa shape index (κ3) is 4.26. The molecule has 9 heteroatoms. The highest BCUT2D eigenvalue weighted by molar-refractivity contribution is 9.11. The van der Waals surface area contributed by atoms with Crippen molar-refractivity contribution in [2.75, 3.05) is 11.9 Å². The van der Waals surface area contributed by atoms with Crippen molar-refractivity contribution in [3.05, 3.63) is 89.0 Å².